The smallest absolute Gasteiger partial charge is 0.219 e. The zero-order valence-corrected chi connectivity index (χ0v) is 15.8. The Morgan fingerprint density at radius 2 is 2.07 bits per heavy atom. The molecule has 4 aromatic rings. The average molecular weight is 387 g/mol. The van der Waals surface area contributed by atoms with Crippen LogP contribution in [0.25, 0.3) is 22.2 Å². The maximum Gasteiger partial charge on any atom is 0.219 e. The topological polar surface area (TPSA) is 87.2 Å². The van der Waals surface area contributed by atoms with Crippen LogP contribution >= 0.6 is 0 Å². The van der Waals surface area contributed by atoms with Crippen molar-refractivity contribution in [1.29, 1.82) is 0 Å². The molecule has 0 aliphatic carbocycles. The molecule has 7 nitrogen and oxygen atoms in total. The van der Waals surface area contributed by atoms with Crippen molar-refractivity contribution in [3.05, 3.63) is 66.6 Å². The van der Waals surface area contributed by atoms with Gasteiger partial charge in [-0.15, -0.1) is 0 Å². The van der Waals surface area contributed by atoms with Crippen molar-refractivity contribution in [3.8, 4) is 22.9 Å². The monoisotopic (exact) mass is 387 g/mol. The molecule has 1 aliphatic rings. The van der Waals surface area contributed by atoms with Gasteiger partial charge in [-0.2, -0.15) is 5.10 Å². The van der Waals surface area contributed by atoms with Crippen LogP contribution in [0.15, 0.2) is 61.1 Å². The summed E-state index contributed by atoms with van der Waals surface area (Å²) in [4.78, 5) is 11.2. The Morgan fingerprint density at radius 3 is 2.83 bits per heavy atom. The molecule has 0 unspecified atom stereocenters. The van der Waals surface area contributed by atoms with Gasteiger partial charge in [-0.05, 0) is 42.3 Å². The highest BCUT2D eigenvalue weighted by Gasteiger charge is 2.20. The summed E-state index contributed by atoms with van der Waals surface area (Å²) in [7, 11) is 0. The number of aromatic nitrogens is 4. The number of likely N-dealkylation sites (tertiary alicyclic amines) is 1. The highest BCUT2D eigenvalue weighted by atomic mass is 16.5. The number of ether oxygens (including phenoxy) is 1. The minimum atomic E-state index is -0.203. The first-order valence-corrected chi connectivity index (χ1v) is 9.66. The molecule has 1 aromatic carbocycles. The maximum absolute atomic E-state index is 9.68. The van der Waals surface area contributed by atoms with E-state index in [4.69, 9.17) is 4.74 Å². The van der Waals surface area contributed by atoms with Crippen LogP contribution in [0.3, 0.4) is 0 Å². The average Bonchev–Trinajstić information content (AvgIpc) is 3.41. The fourth-order valence-corrected chi connectivity index (χ4v) is 3.65. The van der Waals surface area contributed by atoms with Gasteiger partial charge in [0.05, 0.1) is 17.3 Å². The number of nitrogens with one attached hydrogen (secondary N) is 1. The van der Waals surface area contributed by atoms with Crippen molar-refractivity contribution in [2.24, 2.45) is 0 Å². The van der Waals surface area contributed by atoms with E-state index in [9.17, 15) is 5.11 Å². The van der Waals surface area contributed by atoms with Gasteiger partial charge in [-0.3, -0.25) is 15.0 Å². The van der Waals surface area contributed by atoms with Gasteiger partial charge in [0.15, 0.2) is 0 Å². The van der Waals surface area contributed by atoms with Crippen LogP contribution in [-0.2, 0) is 6.54 Å². The predicted octanol–water partition coefficient (Wildman–Crippen LogP) is 3.38. The SMILES string of the molecule is O[C@H]1CCN(Cc2cnc3cc(Oc4ccc(-c5ccn[nH]5)cn4)ccc3c2)C1. The summed E-state index contributed by atoms with van der Waals surface area (Å²) in [5, 5.41) is 17.6. The lowest BCUT2D eigenvalue weighted by Crippen LogP contribution is -2.21. The van der Waals surface area contributed by atoms with E-state index < -0.39 is 0 Å². The van der Waals surface area contributed by atoms with E-state index in [0.717, 1.165) is 53.8 Å². The maximum atomic E-state index is 9.68. The Labute approximate surface area is 168 Å². The van der Waals surface area contributed by atoms with Gasteiger partial charge in [0, 0.05) is 61.3 Å². The Bertz CT molecular complexity index is 1110. The van der Waals surface area contributed by atoms with Crippen molar-refractivity contribution in [2.75, 3.05) is 13.1 Å². The molecule has 29 heavy (non-hydrogen) atoms. The van der Waals surface area contributed by atoms with Gasteiger partial charge < -0.3 is 9.84 Å². The normalized spacial score (nSPS) is 17.1. The molecule has 1 atom stereocenters. The zero-order valence-electron chi connectivity index (χ0n) is 15.8. The molecule has 2 N–H and O–H groups in total. The minimum Gasteiger partial charge on any atom is -0.439 e. The third-order valence-electron chi connectivity index (χ3n) is 5.14. The van der Waals surface area contributed by atoms with Crippen LogP contribution in [0, 0.1) is 0 Å². The molecule has 0 spiro atoms. The van der Waals surface area contributed by atoms with Crippen LogP contribution in [-0.4, -0.2) is 49.4 Å². The van der Waals surface area contributed by atoms with Gasteiger partial charge >= 0.3 is 0 Å². The molecular formula is C22H21N5O2. The highest BCUT2D eigenvalue weighted by Crippen LogP contribution is 2.26. The van der Waals surface area contributed by atoms with Gasteiger partial charge in [-0.25, -0.2) is 4.98 Å². The number of H-pyrrole nitrogens is 1. The van der Waals surface area contributed by atoms with Gasteiger partial charge in [0.2, 0.25) is 5.88 Å². The summed E-state index contributed by atoms with van der Waals surface area (Å²) >= 11 is 0. The molecule has 4 heterocycles. The predicted molar refractivity (Wildman–Crippen MR) is 110 cm³/mol. The largest absolute Gasteiger partial charge is 0.439 e. The van der Waals surface area contributed by atoms with Crippen molar-refractivity contribution < 1.29 is 9.84 Å². The number of β-amino-alcohol motifs (C(OH)–C–C–N with tert-alkyl or cyclic N) is 1. The summed E-state index contributed by atoms with van der Waals surface area (Å²) in [5.41, 5.74) is 3.89. The number of aliphatic hydroxyl groups is 1. The van der Waals surface area contributed by atoms with Crippen LogP contribution in [0.1, 0.15) is 12.0 Å². The first-order valence-electron chi connectivity index (χ1n) is 9.66. The molecule has 3 aromatic heterocycles. The molecule has 0 saturated carbocycles. The minimum absolute atomic E-state index is 0.203. The number of fused-ring (bicyclic) bond motifs is 1. The molecular weight excluding hydrogens is 366 g/mol. The Hall–Kier alpha value is -3.29. The Morgan fingerprint density at radius 1 is 1.10 bits per heavy atom. The standard InChI is InChI=1S/C22H21N5O2/c28-18-6-8-27(14-18)13-15-9-16-1-3-19(10-21(16)23-11-15)29-22-4-2-17(12-24-22)20-5-7-25-26-20/h1-5,7,9-12,18,28H,6,8,13-14H2,(H,25,26)/t18-/m0/s1. The molecule has 5 rings (SSSR count). The van der Waals surface area contributed by atoms with E-state index in [1.54, 1.807) is 12.4 Å². The van der Waals surface area contributed by atoms with Crippen LogP contribution < -0.4 is 4.74 Å². The van der Waals surface area contributed by atoms with Crippen molar-refractivity contribution in [3.63, 3.8) is 0 Å². The lowest BCUT2D eigenvalue weighted by molar-refractivity contribution is 0.175. The summed E-state index contributed by atoms with van der Waals surface area (Å²) in [6.45, 7) is 2.47. The lowest BCUT2D eigenvalue weighted by atomic mass is 10.1. The second-order valence-electron chi connectivity index (χ2n) is 7.33. The van der Waals surface area contributed by atoms with Crippen molar-refractivity contribution in [1.82, 2.24) is 25.1 Å². The van der Waals surface area contributed by atoms with Gasteiger partial charge in [0.25, 0.3) is 0 Å². The van der Waals surface area contributed by atoms with Crippen molar-refractivity contribution in [2.45, 2.75) is 19.1 Å². The number of hydrogen-bond acceptors (Lipinski definition) is 6. The summed E-state index contributed by atoms with van der Waals surface area (Å²) in [6.07, 6.45) is 6.00. The fourth-order valence-electron chi connectivity index (χ4n) is 3.65. The second kappa shape index (κ2) is 7.62. The van der Waals surface area contributed by atoms with E-state index in [1.165, 1.54) is 0 Å². The number of aliphatic hydroxyl groups excluding tert-OH is 1. The zero-order chi connectivity index (χ0) is 19.6. The van der Waals surface area contributed by atoms with Crippen molar-refractivity contribution >= 4 is 10.9 Å². The highest BCUT2D eigenvalue weighted by molar-refractivity contribution is 5.80. The summed E-state index contributed by atoms with van der Waals surface area (Å²) in [6, 6.07) is 13.7. The molecule has 0 amide bonds. The van der Waals surface area contributed by atoms with Gasteiger partial charge in [-0.1, -0.05) is 0 Å². The number of pyridine rings is 2. The number of aromatic amines is 1. The number of nitrogens with zero attached hydrogens (tertiary/aromatic N) is 4. The van der Waals surface area contributed by atoms with E-state index in [2.05, 4.69) is 31.1 Å². The first-order chi connectivity index (χ1) is 14.2. The molecule has 146 valence electrons. The Balaban J connectivity index is 1.30. The third kappa shape index (κ3) is 3.96. The molecule has 7 heteroatoms. The molecule has 0 radical (unpaired) electrons. The van der Waals surface area contributed by atoms with E-state index in [1.807, 2.05) is 42.6 Å². The lowest BCUT2D eigenvalue weighted by Gasteiger charge is -2.15. The van der Waals surface area contributed by atoms with Crippen LogP contribution in [0.4, 0.5) is 0 Å². The molecule has 1 saturated heterocycles. The van der Waals surface area contributed by atoms with Gasteiger partial charge in [0.1, 0.15) is 5.75 Å². The number of benzene rings is 1. The molecule has 0 bridgehead atoms. The summed E-state index contributed by atoms with van der Waals surface area (Å²) < 4.78 is 5.90. The number of rotatable bonds is 5. The van der Waals surface area contributed by atoms with Crippen LogP contribution in [0.2, 0.25) is 0 Å². The molecule has 1 aliphatic heterocycles. The first kappa shape index (κ1) is 17.8. The summed E-state index contributed by atoms with van der Waals surface area (Å²) in [5.74, 6) is 1.22. The van der Waals surface area contributed by atoms with E-state index in [0.29, 0.717) is 11.6 Å². The molecule has 1 fully saturated rings. The quantitative estimate of drug-likeness (QED) is 0.546. The Kier molecular flexibility index (Phi) is 4.67. The van der Waals surface area contributed by atoms with E-state index >= 15 is 0 Å². The number of hydrogen-bond donors (Lipinski definition) is 2. The fraction of sp³-hybridized carbons (Fsp3) is 0.227. The second-order valence-corrected chi connectivity index (χ2v) is 7.33. The third-order valence-corrected chi connectivity index (χ3v) is 5.14. The van der Waals surface area contributed by atoms with E-state index in [-0.39, 0.29) is 6.10 Å². The van der Waals surface area contributed by atoms with Crippen LogP contribution in [0.5, 0.6) is 11.6 Å².